The van der Waals surface area contributed by atoms with Crippen molar-refractivity contribution in [1.82, 2.24) is 10.2 Å². The number of likely N-dealkylation sites (N-methyl/N-ethyl adjacent to an activating group) is 1. The number of amides is 2. The summed E-state index contributed by atoms with van der Waals surface area (Å²) in [6.45, 7) is 5.26. The number of ether oxygens (including phenoxy) is 1. The number of nitrogens with zero attached hydrogens (tertiary/aromatic N) is 1. The summed E-state index contributed by atoms with van der Waals surface area (Å²) < 4.78 is 5.42. The lowest BCUT2D eigenvalue weighted by molar-refractivity contribution is -0.133. The summed E-state index contributed by atoms with van der Waals surface area (Å²) in [5.74, 6) is 0.156. The Balaban J connectivity index is 2.39. The van der Waals surface area contributed by atoms with Crippen molar-refractivity contribution in [2.75, 3.05) is 26.2 Å². The minimum Gasteiger partial charge on any atom is -0.483 e. The molecule has 21 heavy (non-hydrogen) atoms. The van der Waals surface area contributed by atoms with Crippen molar-refractivity contribution in [3.63, 3.8) is 0 Å². The molecule has 3 N–H and O–H groups in total. The predicted molar refractivity (Wildman–Crippen MR) is 80.8 cm³/mol. The van der Waals surface area contributed by atoms with Crippen LogP contribution >= 0.6 is 0 Å². The van der Waals surface area contributed by atoms with Crippen molar-refractivity contribution in [3.05, 3.63) is 29.8 Å². The molecule has 1 aromatic carbocycles. The number of para-hydroxylation sites is 1. The fraction of sp³-hybridized carbons (Fsp3) is 0.467. The molecule has 6 heteroatoms. The molecule has 0 aliphatic carbocycles. The third-order valence-electron chi connectivity index (χ3n) is 3.10. The topological polar surface area (TPSA) is 84.7 Å². The van der Waals surface area contributed by atoms with Crippen LogP contribution in [0.5, 0.6) is 5.75 Å². The van der Waals surface area contributed by atoms with Gasteiger partial charge < -0.3 is 20.7 Å². The quantitative estimate of drug-likeness (QED) is 0.731. The third-order valence-corrected chi connectivity index (χ3v) is 3.10. The first-order chi connectivity index (χ1) is 10.1. The van der Waals surface area contributed by atoms with Gasteiger partial charge >= 0.3 is 0 Å². The molecule has 0 aliphatic rings. The molecule has 0 spiro atoms. The van der Waals surface area contributed by atoms with E-state index < -0.39 is 0 Å². The standard InChI is InChI=1S/C15H23N3O3/c1-3-18(4-2)15(20)10-17-14(19)11-21-13-8-6-5-7-12(13)9-16/h5-8H,3-4,9-11,16H2,1-2H3,(H,17,19). The van der Waals surface area contributed by atoms with E-state index in [0.717, 1.165) is 5.56 Å². The zero-order valence-corrected chi connectivity index (χ0v) is 12.6. The first-order valence-electron chi connectivity index (χ1n) is 7.07. The first-order valence-corrected chi connectivity index (χ1v) is 7.07. The molecule has 0 saturated carbocycles. The van der Waals surface area contributed by atoms with Crippen LogP contribution in [0.1, 0.15) is 19.4 Å². The Labute approximate surface area is 125 Å². The number of carbonyl (C=O) groups is 2. The summed E-state index contributed by atoms with van der Waals surface area (Å²) >= 11 is 0. The lowest BCUT2D eigenvalue weighted by Crippen LogP contribution is -2.41. The second-order valence-corrected chi connectivity index (χ2v) is 4.44. The maximum atomic E-state index is 11.7. The van der Waals surface area contributed by atoms with E-state index >= 15 is 0 Å². The van der Waals surface area contributed by atoms with Crippen molar-refractivity contribution in [1.29, 1.82) is 0 Å². The van der Waals surface area contributed by atoms with Gasteiger partial charge in [0, 0.05) is 25.2 Å². The Hall–Kier alpha value is -2.08. The lowest BCUT2D eigenvalue weighted by atomic mass is 10.2. The zero-order valence-electron chi connectivity index (χ0n) is 12.6. The Morgan fingerprint density at radius 3 is 2.52 bits per heavy atom. The van der Waals surface area contributed by atoms with Crippen molar-refractivity contribution in [3.8, 4) is 5.75 Å². The van der Waals surface area contributed by atoms with Crippen LogP contribution in [0.25, 0.3) is 0 Å². The van der Waals surface area contributed by atoms with Crippen molar-refractivity contribution < 1.29 is 14.3 Å². The fourth-order valence-electron chi connectivity index (χ4n) is 1.87. The minimum absolute atomic E-state index is 0.0115. The van der Waals surface area contributed by atoms with E-state index in [2.05, 4.69) is 5.32 Å². The average Bonchev–Trinajstić information content (AvgIpc) is 2.52. The van der Waals surface area contributed by atoms with E-state index in [-0.39, 0.29) is 25.0 Å². The summed E-state index contributed by atoms with van der Waals surface area (Å²) in [5.41, 5.74) is 6.43. The molecule has 0 bridgehead atoms. The van der Waals surface area contributed by atoms with E-state index in [4.69, 9.17) is 10.5 Å². The molecule has 0 atom stereocenters. The smallest absolute Gasteiger partial charge is 0.258 e. The molecule has 0 heterocycles. The summed E-state index contributed by atoms with van der Waals surface area (Å²) in [5, 5.41) is 2.55. The first kappa shape index (κ1) is 17.0. The van der Waals surface area contributed by atoms with Gasteiger partial charge in [-0.05, 0) is 19.9 Å². The van der Waals surface area contributed by atoms with E-state index in [1.807, 2.05) is 32.0 Å². The highest BCUT2D eigenvalue weighted by molar-refractivity contribution is 5.85. The van der Waals surface area contributed by atoms with Gasteiger partial charge in [0.25, 0.3) is 5.91 Å². The molecule has 116 valence electrons. The monoisotopic (exact) mass is 293 g/mol. The molecular formula is C15H23N3O3. The van der Waals surface area contributed by atoms with Crippen molar-refractivity contribution >= 4 is 11.8 Å². The highest BCUT2D eigenvalue weighted by Crippen LogP contribution is 2.16. The van der Waals surface area contributed by atoms with E-state index in [1.165, 1.54) is 0 Å². The number of nitrogens with two attached hydrogens (primary N) is 1. The van der Waals surface area contributed by atoms with E-state index in [1.54, 1.807) is 11.0 Å². The second-order valence-electron chi connectivity index (χ2n) is 4.44. The van der Waals surface area contributed by atoms with Gasteiger partial charge in [-0.3, -0.25) is 9.59 Å². The van der Waals surface area contributed by atoms with Crippen molar-refractivity contribution in [2.45, 2.75) is 20.4 Å². The Morgan fingerprint density at radius 2 is 1.90 bits per heavy atom. The molecule has 0 unspecified atom stereocenters. The van der Waals surface area contributed by atoms with Crippen LogP contribution in [-0.2, 0) is 16.1 Å². The van der Waals surface area contributed by atoms with Crippen LogP contribution in [0.4, 0.5) is 0 Å². The number of nitrogens with one attached hydrogen (secondary N) is 1. The summed E-state index contributed by atoms with van der Waals surface area (Å²) in [4.78, 5) is 25.1. The van der Waals surface area contributed by atoms with Crippen LogP contribution in [0.2, 0.25) is 0 Å². The Kier molecular flexibility index (Phi) is 7.25. The molecule has 0 saturated heterocycles. The number of hydrogen-bond donors (Lipinski definition) is 2. The summed E-state index contributed by atoms with van der Waals surface area (Å²) in [7, 11) is 0. The van der Waals surface area contributed by atoms with E-state index in [9.17, 15) is 9.59 Å². The maximum absolute atomic E-state index is 11.7. The zero-order chi connectivity index (χ0) is 15.7. The molecular weight excluding hydrogens is 270 g/mol. The van der Waals surface area contributed by atoms with Crippen LogP contribution in [0.15, 0.2) is 24.3 Å². The molecule has 0 aromatic heterocycles. The molecule has 2 amide bonds. The molecule has 0 aliphatic heterocycles. The van der Waals surface area contributed by atoms with Gasteiger partial charge in [0.1, 0.15) is 5.75 Å². The number of carbonyl (C=O) groups excluding carboxylic acids is 2. The minimum atomic E-state index is -0.331. The van der Waals surface area contributed by atoms with Gasteiger partial charge in [-0.25, -0.2) is 0 Å². The molecule has 1 rings (SSSR count). The normalized spacial score (nSPS) is 10.0. The third kappa shape index (κ3) is 5.43. The van der Waals surface area contributed by atoms with Gasteiger partial charge in [0.2, 0.25) is 5.91 Å². The summed E-state index contributed by atoms with van der Waals surface area (Å²) in [6.07, 6.45) is 0. The molecule has 6 nitrogen and oxygen atoms in total. The molecule has 0 radical (unpaired) electrons. The second kappa shape index (κ2) is 8.97. The Morgan fingerprint density at radius 1 is 1.24 bits per heavy atom. The van der Waals surface area contributed by atoms with Crippen LogP contribution in [0.3, 0.4) is 0 Å². The molecule has 0 fully saturated rings. The van der Waals surface area contributed by atoms with Crippen LogP contribution in [-0.4, -0.2) is 43.0 Å². The predicted octanol–water partition coefficient (Wildman–Crippen LogP) is 0.509. The fourth-order valence-corrected chi connectivity index (χ4v) is 1.87. The van der Waals surface area contributed by atoms with E-state index in [0.29, 0.717) is 25.4 Å². The number of hydrogen-bond acceptors (Lipinski definition) is 4. The number of benzene rings is 1. The van der Waals surface area contributed by atoms with Gasteiger partial charge in [0.15, 0.2) is 6.61 Å². The largest absolute Gasteiger partial charge is 0.483 e. The van der Waals surface area contributed by atoms with Crippen molar-refractivity contribution in [2.24, 2.45) is 5.73 Å². The maximum Gasteiger partial charge on any atom is 0.258 e. The lowest BCUT2D eigenvalue weighted by Gasteiger charge is -2.18. The van der Waals surface area contributed by atoms with Crippen LogP contribution < -0.4 is 15.8 Å². The average molecular weight is 293 g/mol. The highest BCUT2D eigenvalue weighted by Gasteiger charge is 2.11. The highest BCUT2D eigenvalue weighted by atomic mass is 16.5. The van der Waals surface area contributed by atoms with Gasteiger partial charge in [-0.1, -0.05) is 18.2 Å². The van der Waals surface area contributed by atoms with Gasteiger partial charge in [-0.2, -0.15) is 0 Å². The van der Waals surface area contributed by atoms with Crippen LogP contribution in [0, 0.1) is 0 Å². The molecule has 1 aromatic rings. The Bertz CT molecular complexity index is 473. The number of rotatable bonds is 8. The SMILES string of the molecule is CCN(CC)C(=O)CNC(=O)COc1ccccc1CN. The van der Waals surface area contributed by atoms with Gasteiger partial charge in [0.05, 0.1) is 6.54 Å². The van der Waals surface area contributed by atoms with Gasteiger partial charge in [-0.15, -0.1) is 0 Å². The summed E-state index contributed by atoms with van der Waals surface area (Å²) in [6, 6.07) is 7.28.